The fourth-order valence-electron chi connectivity index (χ4n) is 3.18. The minimum absolute atomic E-state index is 0.296. The van der Waals surface area contributed by atoms with Crippen LogP contribution in [0.1, 0.15) is 12.0 Å². The monoisotopic (exact) mass is 341 g/mol. The molecule has 0 amide bonds. The smallest absolute Gasteiger partial charge is 0.225 e. The van der Waals surface area contributed by atoms with Gasteiger partial charge in [0.15, 0.2) is 0 Å². The molecule has 0 aromatic carbocycles. The standard InChI is InChI=1S/C17H23N7O/c1-13-10-19-17(20-11-13)24-5-3-14(12-24)21-16-18-4-2-15(22-16)23-6-8-25-9-7-23/h2,4,10-11,14H,3,5-9,12H2,1H3,(H,18,21,22). The van der Waals surface area contributed by atoms with E-state index in [4.69, 9.17) is 4.74 Å². The number of hydrogen-bond donors (Lipinski definition) is 1. The van der Waals surface area contributed by atoms with E-state index < -0.39 is 0 Å². The summed E-state index contributed by atoms with van der Waals surface area (Å²) in [5.74, 6) is 2.43. The Morgan fingerprint density at radius 2 is 1.88 bits per heavy atom. The molecule has 4 heterocycles. The molecule has 2 saturated heterocycles. The van der Waals surface area contributed by atoms with Crippen LogP contribution >= 0.6 is 0 Å². The predicted molar refractivity (Wildman–Crippen MR) is 96.1 cm³/mol. The first-order valence-corrected chi connectivity index (χ1v) is 8.74. The van der Waals surface area contributed by atoms with E-state index in [1.165, 1.54) is 0 Å². The molecule has 0 spiro atoms. The molecule has 2 aromatic rings. The third kappa shape index (κ3) is 3.79. The molecule has 1 N–H and O–H groups in total. The molecule has 25 heavy (non-hydrogen) atoms. The predicted octanol–water partition coefficient (Wildman–Crippen LogP) is 1.10. The molecule has 1 unspecified atom stereocenters. The van der Waals surface area contributed by atoms with Gasteiger partial charge < -0.3 is 19.9 Å². The van der Waals surface area contributed by atoms with Gasteiger partial charge in [-0.1, -0.05) is 0 Å². The van der Waals surface area contributed by atoms with E-state index in [-0.39, 0.29) is 0 Å². The molecule has 132 valence electrons. The summed E-state index contributed by atoms with van der Waals surface area (Å²) in [7, 11) is 0. The van der Waals surface area contributed by atoms with Crippen molar-refractivity contribution < 1.29 is 4.74 Å². The number of aryl methyl sites for hydroxylation is 1. The quantitative estimate of drug-likeness (QED) is 0.886. The van der Waals surface area contributed by atoms with Gasteiger partial charge in [-0.25, -0.2) is 15.0 Å². The maximum atomic E-state index is 5.40. The molecule has 1 atom stereocenters. The van der Waals surface area contributed by atoms with Gasteiger partial charge in [0.25, 0.3) is 0 Å². The van der Waals surface area contributed by atoms with Crippen LogP contribution in [0.25, 0.3) is 0 Å². The maximum Gasteiger partial charge on any atom is 0.225 e. The summed E-state index contributed by atoms with van der Waals surface area (Å²) >= 11 is 0. The van der Waals surface area contributed by atoms with Gasteiger partial charge in [-0.2, -0.15) is 4.98 Å². The summed E-state index contributed by atoms with van der Waals surface area (Å²) in [5, 5.41) is 3.45. The highest BCUT2D eigenvalue weighted by Crippen LogP contribution is 2.19. The highest BCUT2D eigenvalue weighted by molar-refractivity contribution is 5.44. The Kier molecular flexibility index (Phi) is 4.60. The number of hydrogen-bond acceptors (Lipinski definition) is 8. The van der Waals surface area contributed by atoms with Gasteiger partial charge in [0.05, 0.1) is 13.2 Å². The largest absolute Gasteiger partial charge is 0.378 e. The van der Waals surface area contributed by atoms with E-state index in [9.17, 15) is 0 Å². The van der Waals surface area contributed by atoms with Crippen molar-refractivity contribution in [3.63, 3.8) is 0 Å². The summed E-state index contributed by atoms with van der Waals surface area (Å²) in [6.07, 6.45) is 6.55. The second kappa shape index (κ2) is 7.18. The summed E-state index contributed by atoms with van der Waals surface area (Å²) in [6.45, 7) is 7.04. The fourth-order valence-corrected chi connectivity index (χ4v) is 3.18. The van der Waals surface area contributed by atoms with Crippen molar-refractivity contribution >= 4 is 17.7 Å². The lowest BCUT2D eigenvalue weighted by atomic mass is 10.3. The van der Waals surface area contributed by atoms with Crippen molar-refractivity contribution in [1.29, 1.82) is 0 Å². The van der Waals surface area contributed by atoms with Crippen LogP contribution in [0.4, 0.5) is 17.7 Å². The first-order chi connectivity index (χ1) is 12.3. The SMILES string of the molecule is Cc1cnc(N2CCC(Nc3nccc(N4CCOCC4)n3)C2)nc1. The molecular weight excluding hydrogens is 318 g/mol. The van der Waals surface area contributed by atoms with Gasteiger partial charge in [-0.3, -0.25) is 0 Å². The Morgan fingerprint density at radius 1 is 1.08 bits per heavy atom. The molecule has 0 bridgehead atoms. The summed E-state index contributed by atoms with van der Waals surface area (Å²) < 4.78 is 5.40. The van der Waals surface area contributed by atoms with Crippen molar-refractivity contribution in [1.82, 2.24) is 19.9 Å². The molecule has 2 aromatic heterocycles. The Hall–Kier alpha value is -2.48. The average Bonchev–Trinajstić information content (AvgIpc) is 3.12. The zero-order valence-electron chi connectivity index (χ0n) is 14.4. The molecule has 0 saturated carbocycles. The van der Waals surface area contributed by atoms with Crippen molar-refractivity contribution in [2.24, 2.45) is 0 Å². The Balaban J connectivity index is 1.38. The van der Waals surface area contributed by atoms with Crippen LogP contribution in [-0.4, -0.2) is 65.4 Å². The van der Waals surface area contributed by atoms with Gasteiger partial charge in [0.2, 0.25) is 11.9 Å². The first-order valence-electron chi connectivity index (χ1n) is 8.74. The van der Waals surface area contributed by atoms with E-state index >= 15 is 0 Å². The highest BCUT2D eigenvalue weighted by Gasteiger charge is 2.25. The molecule has 2 fully saturated rings. The number of nitrogens with one attached hydrogen (secondary N) is 1. The molecule has 0 radical (unpaired) electrons. The Morgan fingerprint density at radius 3 is 2.68 bits per heavy atom. The van der Waals surface area contributed by atoms with Crippen LogP contribution in [0.5, 0.6) is 0 Å². The van der Waals surface area contributed by atoms with Crippen molar-refractivity contribution in [3.05, 3.63) is 30.2 Å². The molecule has 4 rings (SSSR count). The van der Waals surface area contributed by atoms with Crippen molar-refractivity contribution in [2.75, 3.05) is 54.5 Å². The topological polar surface area (TPSA) is 79.3 Å². The first kappa shape index (κ1) is 16.0. The summed E-state index contributed by atoms with van der Waals surface area (Å²) in [5.41, 5.74) is 1.07. The fraction of sp³-hybridized carbons (Fsp3) is 0.529. The number of rotatable bonds is 4. The Bertz CT molecular complexity index is 702. The lowest BCUT2D eigenvalue weighted by Crippen LogP contribution is -2.37. The third-order valence-corrected chi connectivity index (χ3v) is 4.55. The molecule has 8 heteroatoms. The van der Waals surface area contributed by atoms with Gasteiger partial charge in [-0.15, -0.1) is 0 Å². The lowest BCUT2D eigenvalue weighted by Gasteiger charge is -2.28. The number of aromatic nitrogens is 4. The number of anilines is 3. The van der Waals surface area contributed by atoms with Gasteiger partial charge >= 0.3 is 0 Å². The number of ether oxygens (including phenoxy) is 1. The normalized spacial score (nSPS) is 20.8. The van der Waals surface area contributed by atoms with Crippen molar-refractivity contribution in [2.45, 2.75) is 19.4 Å². The van der Waals surface area contributed by atoms with E-state index in [2.05, 4.69) is 35.1 Å². The van der Waals surface area contributed by atoms with E-state index in [1.807, 2.05) is 31.6 Å². The van der Waals surface area contributed by atoms with E-state index in [1.54, 1.807) is 0 Å². The molecule has 0 aliphatic carbocycles. The number of morpholine rings is 1. The summed E-state index contributed by atoms with van der Waals surface area (Å²) in [4.78, 5) is 22.3. The van der Waals surface area contributed by atoms with Gasteiger partial charge in [-0.05, 0) is 25.0 Å². The van der Waals surface area contributed by atoms with Crippen LogP contribution in [-0.2, 0) is 4.74 Å². The lowest BCUT2D eigenvalue weighted by molar-refractivity contribution is 0.122. The average molecular weight is 341 g/mol. The third-order valence-electron chi connectivity index (χ3n) is 4.55. The van der Waals surface area contributed by atoms with Crippen LogP contribution in [0.2, 0.25) is 0 Å². The van der Waals surface area contributed by atoms with Gasteiger partial charge in [0.1, 0.15) is 5.82 Å². The second-order valence-corrected chi connectivity index (χ2v) is 6.47. The van der Waals surface area contributed by atoms with Crippen LogP contribution in [0, 0.1) is 6.92 Å². The minimum atomic E-state index is 0.296. The Labute approximate surface area is 147 Å². The molecule has 8 nitrogen and oxygen atoms in total. The molecule has 2 aliphatic heterocycles. The van der Waals surface area contributed by atoms with Crippen LogP contribution < -0.4 is 15.1 Å². The van der Waals surface area contributed by atoms with Crippen molar-refractivity contribution in [3.8, 4) is 0 Å². The molecule has 2 aliphatic rings. The van der Waals surface area contributed by atoms with Gasteiger partial charge in [0, 0.05) is 50.8 Å². The minimum Gasteiger partial charge on any atom is -0.378 e. The van der Waals surface area contributed by atoms with Crippen LogP contribution in [0.3, 0.4) is 0 Å². The van der Waals surface area contributed by atoms with E-state index in [0.29, 0.717) is 12.0 Å². The van der Waals surface area contributed by atoms with Crippen LogP contribution in [0.15, 0.2) is 24.7 Å². The molecular formula is C17H23N7O. The zero-order chi connectivity index (χ0) is 17.1. The van der Waals surface area contributed by atoms with E-state index in [0.717, 1.165) is 63.1 Å². The number of nitrogens with zero attached hydrogens (tertiary/aromatic N) is 6. The maximum absolute atomic E-state index is 5.40. The second-order valence-electron chi connectivity index (χ2n) is 6.47. The zero-order valence-corrected chi connectivity index (χ0v) is 14.4. The highest BCUT2D eigenvalue weighted by atomic mass is 16.5. The summed E-state index contributed by atoms with van der Waals surface area (Å²) in [6, 6.07) is 2.25.